The molecule has 4 heterocycles. The minimum absolute atomic E-state index is 0.0317. The number of nitrogens with zero attached hydrogens (tertiary/aromatic N) is 4. The molecule has 0 saturated carbocycles. The first-order chi connectivity index (χ1) is 15.0. The highest BCUT2D eigenvalue weighted by Crippen LogP contribution is 2.30. The number of ether oxygens (including phenoxy) is 1. The van der Waals surface area contributed by atoms with Gasteiger partial charge in [-0.3, -0.25) is 14.5 Å². The maximum atomic E-state index is 13.1. The maximum Gasteiger partial charge on any atom is 0.254 e. The van der Waals surface area contributed by atoms with E-state index in [1.165, 1.54) is 7.11 Å². The Labute approximate surface area is 181 Å². The van der Waals surface area contributed by atoms with Crippen LogP contribution in [0.2, 0.25) is 0 Å². The van der Waals surface area contributed by atoms with Crippen molar-refractivity contribution < 1.29 is 14.1 Å². The van der Waals surface area contributed by atoms with Crippen LogP contribution in [0.3, 0.4) is 0 Å². The molecule has 2 aliphatic rings. The van der Waals surface area contributed by atoms with Gasteiger partial charge in [0.15, 0.2) is 0 Å². The first kappa shape index (κ1) is 21.5. The van der Waals surface area contributed by atoms with Crippen LogP contribution >= 0.6 is 0 Å². The number of aryl methyl sites for hydroxylation is 1. The molecule has 2 aromatic rings. The monoisotopic (exact) mass is 429 g/mol. The number of rotatable bonds is 6. The Morgan fingerprint density at radius 2 is 2.19 bits per heavy atom. The SMILES string of the molecule is COc1cc(CCC(=O)N2CCCC[C@H]2c2nc3c(c(=O)[nH]2)CCN(C(C)C)C3)on1. The van der Waals surface area contributed by atoms with Crippen LogP contribution in [0, 0.1) is 0 Å². The van der Waals surface area contributed by atoms with Crippen LogP contribution in [-0.4, -0.2) is 57.1 Å². The number of aromatic nitrogens is 3. The third-order valence-electron chi connectivity index (χ3n) is 6.32. The van der Waals surface area contributed by atoms with E-state index in [1.807, 2.05) is 4.90 Å². The average molecular weight is 430 g/mol. The Bertz CT molecular complexity index is 983. The van der Waals surface area contributed by atoms with Gasteiger partial charge in [-0.2, -0.15) is 0 Å². The van der Waals surface area contributed by atoms with Gasteiger partial charge >= 0.3 is 0 Å². The second-order valence-corrected chi connectivity index (χ2v) is 8.62. The zero-order valence-corrected chi connectivity index (χ0v) is 18.5. The van der Waals surface area contributed by atoms with Crippen LogP contribution in [0.15, 0.2) is 15.4 Å². The lowest BCUT2D eigenvalue weighted by Gasteiger charge is -2.36. The van der Waals surface area contributed by atoms with Crippen LogP contribution < -0.4 is 10.3 Å². The number of methoxy groups -OCH3 is 1. The minimum Gasteiger partial charge on any atom is -0.479 e. The summed E-state index contributed by atoms with van der Waals surface area (Å²) in [5, 5.41) is 3.78. The molecule has 2 aromatic heterocycles. The molecule has 0 bridgehead atoms. The van der Waals surface area contributed by atoms with E-state index in [2.05, 4.69) is 28.9 Å². The van der Waals surface area contributed by atoms with Gasteiger partial charge in [0.25, 0.3) is 11.4 Å². The summed E-state index contributed by atoms with van der Waals surface area (Å²) in [6, 6.07) is 1.90. The third kappa shape index (κ3) is 4.66. The fourth-order valence-electron chi connectivity index (χ4n) is 4.47. The zero-order chi connectivity index (χ0) is 22.0. The van der Waals surface area contributed by atoms with Crippen molar-refractivity contribution in [3.8, 4) is 5.88 Å². The van der Waals surface area contributed by atoms with Crippen LogP contribution in [0.5, 0.6) is 5.88 Å². The Morgan fingerprint density at radius 1 is 1.35 bits per heavy atom. The second-order valence-electron chi connectivity index (χ2n) is 8.62. The Hall–Kier alpha value is -2.68. The summed E-state index contributed by atoms with van der Waals surface area (Å²) in [6.45, 7) is 6.53. The summed E-state index contributed by atoms with van der Waals surface area (Å²) in [5.41, 5.74) is 1.58. The fourth-order valence-corrected chi connectivity index (χ4v) is 4.47. The predicted molar refractivity (Wildman–Crippen MR) is 114 cm³/mol. The van der Waals surface area contributed by atoms with Crippen molar-refractivity contribution in [3.63, 3.8) is 0 Å². The number of likely N-dealkylation sites (tertiary alicyclic amines) is 1. The smallest absolute Gasteiger partial charge is 0.254 e. The van der Waals surface area contributed by atoms with Crippen molar-refractivity contribution in [2.45, 2.75) is 71.0 Å². The van der Waals surface area contributed by atoms with E-state index in [9.17, 15) is 9.59 Å². The van der Waals surface area contributed by atoms with Gasteiger partial charge in [0.2, 0.25) is 5.91 Å². The van der Waals surface area contributed by atoms with Gasteiger partial charge in [-0.15, -0.1) is 0 Å². The molecule has 0 spiro atoms. The van der Waals surface area contributed by atoms with Crippen LogP contribution in [0.1, 0.15) is 68.4 Å². The van der Waals surface area contributed by atoms with E-state index in [1.54, 1.807) is 6.07 Å². The summed E-state index contributed by atoms with van der Waals surface area (Å²) < 4.78 is 10.2. The van der Waals surface area contributed by atoms with E-state index in [0.29, 0.717) is 55.9 Å². The van der Waals surface area contributed by atoms with Gasteiger partial charge < -0.3 is 19.1 Å². The van der Waals surface area contributed by atoms with E-state index in [-0.39, 0.29) is 17.5 Å². The van der Waals surface area contributed by atoms with Crippen molar-refractivity contribution >= 4 is 5.91 Å². The van der Waals surface area contributed by atoms with Gasteiger partial charge in [0.1, 0.15) is 11.6 Å². The molecule has 0 unspecified atom stereocenters. The molecule has 168 valence electrons. The second kappa shape index (κ2) is 9.21. The molecule has 0 aliphatic carbocycles. The minimum atomic E-state index is -0.196. The molecular weight excluding hydrogens is 398 g/mol. The Kier molecular flexibility index (Phi) is 6.41. The average Bonchev–Trinajstić information content (AvgIpc) is 3.25. The van der Waals surface area contributed by atoms with Crippen LogP contribution in [0.25, 0.3) is 0 Å². The van der Waals surface area contributed by atoms with E-state index < -0.39 is 0 Å². The number of fused-ring (bicyclic) bond motifs is 1. The largest absolute Gasteiger partial charge is 0.479 e. The quantitative estimate of drug-likeness (QED) is 0.751. The normalized spacial score (nSPS) is 19.5. The summed E-state index contributed by atoms with van der Waals surface area (Å²) in [7, 11) is 1.53. The highest BCUT2D eigenvalue weighted by atomic mass is 16.5. The van der Waals surface area contributed by atoms with Gasteiger partial charge in [-0.25, -0.2) is 4.98 Å². The summed E-state index contributed by atoms with van der Waals surface area (Å²) >= 11 is 0. The first-order valence-corrected chi connectivity index (χ1v) is 11.1. The third-order valence-corrected chi connectivity index (χ3v) is 6.32. The lowest BCUT2D eigenvalue weighted by molar-refractivity contribution is -0.135. The number of carbonyl (C=O) groups excluding carboxylic acids is 1. The van der Waals surface area contributed by atoms with Crippen molar-refractivity contribution in [1.82, 2.24) is 24.9 Å². The van der Waals surface area contributed by atoms with Gasteiger partial charge in [0.05, 0.1) is 18.8 Å². The molecule has 0 aromatic carbocycles. The highest BCUT2D eigenvalue weighted by Gasteiger charge is 2.31. The predicted octanol–water partition coefficient (Wildman–Crippen LogP) is 2.22. The molecule has 1 amide bonds. The molecule has 9 nitrogen and oxygen atoms in total. The first-order valence-electron chi connectivity index (χ1n) is 11.1. The number of carbonyl (C=O) groups is 1. The number of amides is 1. The number of piperidine rings is 1. The van der Waals surface area contributed by atoms with E-state index >= 15 is 0 Å². The standard InChI is InChI=1S/C22H31N5O4/c1-14(2)26-11-9-16-17(13-26)23-21(24-22(16)29)18-6-4-5-10-27(18)20(28)8-7-15-12-19(30-3)25-31-15/h12,14,18H,4-11,13H2,1-3H3,(H,23,24,29)/t18-/m0/s1. The molecule has 0 radical (unpaired) electrons. The van der Waals surface area contributed by atoms with Crippen LogP contribution in [-0.2, 0) is 24.2 Å². The number of H-pyrrole nitrogens is 1. The molecule has 1 atom stereocenters. The molecular formula is C22H31N5O4. The van der Waals surface area contributed by atoms with Crippen molar-refractivity contribution in [2.24, 2.45) is 0 Å². The van der Waals surface area contributed by atoms with Crippen LogP contribution in [0.4, 0.5) is 0 Å². The Morgan fingerprint density at radius 3 is 2.94 bits per heavy atom. The maximum absolute atomic E-state index is 13.1. The molecule has 2 aliphatic heterocycles. The van der Waals surface area contributed by atoms with E-state index in [0.717, 1.165) is 37.1 Å². The van der Waals surface area contributed by atoms with Gasteiger partial charge in [-0.05, 0) is 44.7 Å². The molecule has 1 saturated heterocycles. The van der Waals surface area contributed by atoms with Gasteiger partial charge in [-0.1, -0.05) is 0 Å². The number of aromatic amines is 1. The summed E-state index contributed by atoms with van der Waals surface area (Å²) in [5.74, 6) is 1.67. The Balaban J connectivity index is 1.51. The van der Waals surface area contributed by atoms with Gasteiger partial charge in [0, 0.05) is 50.1 Å². The van der Waals surface area contributed by atoms with E-state index in [4.69, 9.17) is 14.2 Å². The van der Waals surface area contributed by atoms with Crippen molar-refractivity contribution in [1.29, 1.82) is 0 Å². The fraction of sp³-hybridized carbons (Fsp3) is 0.636. The van der Waals surface area contributed by atoms with Crippen molar-refractivity contribution in [2.75, 3.05) is 20.2 Å². The number of nitrogens with one attached hydrogen (secondary N) is 1. The zero-order valence-electron chi connectivity index (χ0n) is 18.5. The lowest BCUT2D eigenvalue weighted by atomic mass is 9.99. The highest BCUT2D eigenvalue weighted by molar-refractivity contribution is 5.77. The lowest BCUT2D eigenvalue weighted by Crippen LogP contribution is -2.42. The summed E-state index contributed by atoms with van der Waals surface area (Å²) in [6.07, 6.45) is 4.24. The van der Waals surface area contributed by atoms with Crippen molar-refractivity contribution in [3.05, 3.63) is 39.3 Å². The molecule has 9 heteroatoms. The molecule has 4 rings (SSSR count). The number of hydrogen-bond acceptors (Lipinski definition) is 7. The number of hydrogen-bond donors (Lipinski definition) is 1. The topological polar surface area (TPSA) is 105 Å². The molecule has 31 heavy (non-hydrogen) atoms. The molecule has 1 N–H and O–H groups in total. The summed E-state index contributed by atoms with van der Waals surface area (Å²) in [4.78, 5) is 37.9. The molecule has 1 fully saturated rings.